The molecule has 15 heteroatoms. The fourth-order valence-electron chi connectivity index (χ4n) is 5.98. The zero-order valence-corrected chi connectivity index (χ0v) is 25.9. The molecule has 3 aromatic heterocycles. The van der Waals surface area contributed by atoms with E-state index in [4.69, 9.17) is 9.47 Å². The van der Waals surface area contributed by atoms with Gasteiger partial charge in [0.15, 0.2) is 5.65 Å². The first kappa shape index (κ1) is 30.6. The van der Waals surface area contributed by atoms with Crippen molar-refractivity contribution in [1.82, 2.24) is 34.2 Å². The number of thioether (sulfide) groups is 1. The Bertz CT molecular complexity index is 1710. The molecule has 0 bridgehead atoms. The molecule has 0 atom stereocenters. The van der Waals surface area contributed by atoms with E-state index < -0.39 is 12.5 Å². The zero-order valence-electron chi connectivity index (χ0n) is 25.1. The Hall–Kier alpha value is -4.08. The summed E-state index contributed by atoms with van der Waals surface area (Å²) in [6, 6.07) is 7.11. The van der Waals surface area contributed by atoms with E-state index in [1.807, 2.05) is 4.90 Å². The van der Waals surface area contributed by atoms with E-state index in [2.05, 4.69) is 25.4 Å². The number of carbonyl (C=O) groups excluding carboxylic acids is 2. The van der Waals surface area contributed by atoms with E-state index in [9.17, 15) is 18.4 Å². The SMILES string of the molecule is O=C(Nc1cn(CC(=O)N2CCC(N3CCOCC3)CC2)nc1-c1cc(SC2CC2)ccc1OC(F)F)c1cnn2cccnc12. The summed E-state index contributed by atoms with van der Waals surface area (Å²) < 4.78 is 40.3. The van der Waals surface area contributed by atoms with Gasteiger partial charge in [0, 0.05) is 66.5 Å². The molecule has 3 aliphatic rings. The number of fused-ring (bicyclic) bond motifs is 1. The highest BCUT2D eigenvalue weighted by Gasteiger charge is 2.29. The van der Waals surface area contributed by atoms with Crippen LogP contribution in [-0.4, -0.2) is 103 Å². The van der Waals surface area contributed by atoms with Gasteiger partial charge in [0.2, 0.25) is 5.91 Å². The van der Waals surface area contributed by atoms with Crippen molar-refractivity contribution in [1.29, 1.82) is 0 Å². The van der Waals surface area contributed by atoms with Gasteiger partial charge in [0.25, 0.3) is 5.91 Å². The number of carbonyl (C=O) groups is 2. The molecule has 4 aromatic rings. The van der Waals surface area contributed by atoms with Gasteiger partial charge in [-0.25, -0.2) is 9.50 Å². The van der Waals surface area contributed by atoms with Crippen LogP contribution in [0.4, 0.5) is 14.5 Å². The van der Waals surface area contributed by atoms with Crippen molar-refractivity contribution in [2.45, 2.75) is 55.0 Å². The molecule has 7 rings (SSSR count). The molecule has 46 heavy (non-hydrogen) atoms. The molecule has 3 fully saturated rings. The van der Waals surface area contributed by atoms with Crippen molar-refractivity contribution in [3.05, 3.63) is 54.6 Å². The quantitative estimate of drug-likeness (QED) is 0.271. The summed E-state index contributed by atoms with van der Waals surface area (Å²) in [4.78, 5) is 36.4. The molecule has 1 aromatic carbocycles. The van der Waals surface area contributed by atoms with E-state index in [-0.39, 0.29) is 40.7 Å². The molecular weight excluding hydrogens is 618 g/mol. The lowest BCUT2D eigenvalue weighted by molar-refractivity contribution is -0.133. The van der Waals surface area contributed by atoms with Crippen molar-refractivity contribution in [3.8, 4) is 17.0 Å². The van der Waals surface area contributed by atoms with Crippen LogP contribution in [0.15, 0.2) is 53.9 Å². The molecule has 1 N–H and O–H groups in total. The molecule has 0 radical (unpaired) electrons. The number of hydrogen-bond donors (Lipinski definition) is 1. The summed E-state index contributed by atoms with van der Waals surface area (Å²) in [7, 11) is 0. The van der Waals surface area contributed by atoms with Crippen LogP contribution in [0.2, 0.25) is 0 Å². The van der Waals surface area contributed by atoms with Gasteiger partial charge in [0.05, 0.1) is 25.1 Å². The maximum atomic E-state index is 13.5. The van der Waals surface area contributed by atoms with E-state index in [1.165, 1.54) is 21.5 Å². The minimum absolute atomic E-state index is 0.0785. The summed E-state index contributed by atoms with van der Waals surface area (Å²) >= 11 is 1.66. The average Bonchev–Trinajstić information content (AvgIpc) is 3.64. The highest BCUT2D eigenvalue weighted by Crippen LogP contribution is 2.43. The number of anilines is 1. The summed E-state index contributed by atoms with van der Waals surface area (Å²) in [5.41, 5.74) is 1.32. The normalized spacial score (nSPS) is 17.9. The van der Waals surface area contributed by atoms with Crippen LogP contribution in [-0.2, 0) is 16.1 Å². The smallest absolute Gasteiger partial charge is 0.387 e. The van der Waals surface area contributed by atoms with Crippen LogP contribution in [0.1, 0.15) is 36.0 Å². The second-order valence-electron chi connectivity index (χ2n) is 11.6. The summed E-state index contributed by atoms with van der Waals surface area (Å²) in [6.07, 6.45) is 10.1. The lowest BCUT2D eigenvalue weighted by Crippen LogP contribution is -2.50. The zero-order chi connectivity index (χ0) is 31.6. The van der Waals surface area contributed by atoms with Gasteiger partial charge in [-0.3, -0.25) is 19.2 Å². The van der Waals surface area contributed by atoms with E-state index in [0.717, 1.165) is 56.9 Å². The maximum absolute atomic E-state index is 13.5. The first-order valence-corrected chi connectivity index (χ1v) is 16.3. The minimum Gasteiger partial charge on any atom is -0.434 e. The Kier molecular flexibility index (Phi) is 8.86. The van der Waals surface area contributed by atoms with Gasteiger partial charge < -0.3 is 19.7 Å². The molecule has 12 nitrogen and oxygen atoms in total. The first-order valence-electron chi connectivity index (χ1n) is 15.4. The number of morpholine rings is 1. The van der Waals surface area contributed by atoms with E-state index >= 15 is 0 Å². The molecule has 2 saturated heterocycles. The molecule has 2 amide bonds. The van der Waals surface area contributed by atoms with E-state index in [0.29, 0.717) is 30.0 Å². The number of rotatable bonds is 10. The molecule has 5 heterocycles. The largest absolute Gasteiger partial charge is 0.434 e. The van der Waals surface area contributed by atoms with Crippen LogP contribution in [0.5, 0.6) is 5.75 Å². The Morgan fingerprint density at radius 2 is 1.91 bits per heavy atom. The maximum Gasteiger partial charge on any atom is 0.387 e. The number of piperidine rings is 1. The predicted octanol–water partition coefficient (Wildman–Crippen LogP) is 4.02. The number of benzene rings is 1. The number of nitrogens with one attached hydrogen (secondary N) is 1. The van der Waals surface area contributed by atoms with Crippen LogP contribution >= 0.6 is 11.8 Å². The van der Waals surface area contributed by atoms with E-state index in [1.54, 1.807) is 48.6 Å². The number of aromatic nitrogens is 5. The molecule has 242 valence electrons. The monoisotopic (exact) mass is 652 g/mol. The predicted molar refractivity (Wildman–Crippen MR) is 166 cm³/mol. The van der Waals surface area contributed by atoms with Crippen LogP contribution in [0.3, 0.4) is 0 Å². The third kappa shape index (κ3) is 6.86. The Balaban J connectivity index is 1.16. The molecule has 1 saturated carbocycles. The number of likely N-dealkylation sites (tertiary alicyclic amines) is 1. The molecule has 1 aliphatic carbocycles. The number of alkyl halides is 2. The third-order valence-corrected chi connectivity index (χ3v) is 9.79. The van der Waals surface area contributed by atoms with Gasteiger partial charge in [0.1, 0.15) is 23.6 Å². The van der Waals surface area contributed by atoms with Crippen molar-refractivity contribution in [2.75, 3.05) is 44.7 Å². The highest BCUT2D eigenvalue weighted by molar-refractivity contribution is 8.00. The van der Waals surface area contributed by atoms with Gasteiger partial charge in [-0.15, -0.1) is 11.8 Å². The van der Waals surface area contributed by atoms with Crippen LogP contribution in [0.25, 0.3) is 16.9 Å². The van der Waals surface area contributed by atoms with Gasteiger partial charge in [-0.05, 0) is 49.9 Å². The Morgan fingerprint density at radius 1 is 1.11 bits per heavy atom. The fourth-order valence-corrected chi connectivity index (χ4v) is 7.07. The number of amides is 2. The Morgan fingerprint density at radius 3 is 2.67 bits per heavy atom. The molecule has 0 spiro atoms. The first-order chi connectivity index (χ1) is 22.4. The van der Waals surface area contributed by atoms with Crippen molar-refractivity contribution in [3.63, 3.8) is 0 Å². The molecule has 2 aliphatic heterocycles. The van der Waals surface area contributed by atoms with Crippen molar-refractivity contribution >= 4 is 34.9 Å². The molecule has 0 unspecified atom stereocenters. The van der Waals surface area contributed by atoms with Gasteiger partial charge in [-0.2, -0.15) is 19.0 Å². The number of ether oxygens (including phenoxy) is 2. The lowest BCUT2D eigenvalue weighted by atomic mass is 10.0. The lowest BCUT2D eigenvalue weighted by Gasteiger charge is -2.40. The average molecular weight is 653 g/mol. The Labute approximate surface area is 268 Å². The second kappa shape index (κ2) is 13.3. The van der Waals surface area contributed by atoms with Gasteiger partial charge >= 0.3 is 6.61 Å². The topological polar surface area (TPSA) is 119 Å². The standard InChI is InChI=1S/C31H34F2N8O4S/c32-31(33)45-26-5-4-22(46-21-2-3-21)16-23(26)28-25(36-30(43)24-17-35-41-9-1-8-34-29(24)41)18-40(37-28)19-27(42)39-10-6-20(7-11-39)38-12-14-44-15-13-38/h1,4-5,8-9,16-18,20-21,31H,2-3,6-7,10-15,19H2,(H,36,43). The number of hydrogen-bond acceptors (Lipinski definition) is 9. The van der Waals surface area contributed by atoms with Crippen LogP contribution in [0, 0.1) is 0 Å². The fraction of sp³-hybridized carbons (Fsp3) is 0.452. The third-order valence-electron chi connectivity index (χ3n) is 8.46. The van der Waals surface area contributed by atoms with Crippen molar-refractivity contribution in [2.24, 2.45) is 0 Å². The summed E-state index contributed by atoms with van der Waals surface area (Å²) in [6.45, 7) is 1.41. The minimum atomic E-state index is -3.06. The number of halogens is 2. The van der Waals surface area contributed by atoms with Crippen molar-refractivity contribution < 1.29 is 27.8 Å². The van der Waals surface area contributed by atoms with Gasteiger partial charge in [-0.1, -0.05) is 0 Å². The van der Waals surface area contributed by atoms with Crippen LogP contribution < -0.4 is 10.1 Å². The number of nitrogens with zero attached hydrogens (tertiary/aromatic N) is 7. The summed E-state index contributed by atoms with van der Waals surface area (Å²) in [5.74, 6) is -0.697. The second-order valence-corrected chi connectivity index (χ2v) is 13.0. The summed E-state index contributed by atoms with van der Waals surface area (Å²) in [5, 5.41) is 12.2. The molecular formula is C31H34F2N8O4S. The highest BCUT2D eigenvalue weighted by atomic mass is 32.2.